The van der Waals surface area contributed by atoms with Gasteiger partial charge in [-0.15, -0.1) is 5.10 Å². The highest BCUT2D eigenvalue weighted by atomic mass is 32.2. The molecule has 0 fully saturated rings. The minimum absolute atomic E-state index is 0.233. The van der Waals surface area contributed by atoms with Crippen LogP contribution in [-0.4, -0.2) is 46.5 Å². The molecule has 2 heterocycles. The highest BCUT2D eigenvalue weighted by Gasteiger charge is 2.13. The number of aliphatic imine (C=N–C) groups is 2. The third kappa shape index (κ3) is 5.42. The molecule has 3 aromatic rings. The van der Waals surface area contributed by atoms with Gasteiger partial charge in [0, 0.05) is 30.1 Å². The molecule has 7 nitrogen and oxygen atoms in total. The lowest BCUT2D eigenvalue weighted by Crippen LogP contribution is -2.07. The van der Waals surface area contributed by atoms with Gasteiger partial charge in [-0.05, 0) is 62.9 Å². The molecule has 3 rings (SSSR count). The van der Waals surface area contributed by atoms with E-state index in [1.54, 1.807) is 19.2 Å². The summed E-state index contributed by atoms with van der Waals surface area (Å²) in [5.41, 5.74) is 2.61. The van der Waals surface area contributed by atoms with Crippen LogP contribution in [-0.2, 0) is 0 Å². The molecule has 0 aliphatic carbocycles. The van der Waals surface area contributed by atoms with Gasteiger partial charge in [-0.1, -0.05) is 11.8 Å². The van der Waals surface area contributed by atoms with E-state index in [1.165, 1.54) is 11.8 Å². The van der Waals surface area contributed by atoms with Gasteiger partial charge in [0.25, 0.3) is 0 Å². The van der Waals surface area contributed by atoms with Crippen molar-refractivity contribution in [2.45, 2.75) is 31.0 Å². The van der Waals surface area contributed by atoms with Gasteiger partial charge in [-0.2, -0.15) is 10.2 Å². The van der Waals surface area contributed by atoms with Crippen molar-refractivity contribution >= 4 is 24.2 Å². The molecule has 2 aromatic heterocycles. The van der Waals surface area contributed by atoms with Gasteiger partial charge in [0.1, 0.15) is 5.76 Å². The normalized spacial score (nSPS) is 12.5. The van der Waals surface area contributed by atoms with Crippen molar-refractivity contribution in [1.82, 2.24) is 15.2 Å². The molecular formula is C21H22N6OS. The second kappa shape index (κ2) is 9.85. The molecule has 0 saturated carbocycles. The number of furan rings is 1. The number of benzene rings is 1. The van der Waals surface area contributed by atoms with Gasteiger partial charge in [-0.25, -0.2) is 0 Å². The molecule has 1 N–H and O–H groups in total. The van der Waals surface area contributed by atoms with Crippen molar-refractivity contribution in [3.8, 4) is 29.0 Å². The smallest absolute Gasteiger partial charge is 0.209 e. The zero-order chi connectivity index (χ0) is 20.6. The van der Waals surface area contributed by atoms with Gasteiger partial charge in [0.2, 0.25) is 5.16 Å². The summed E-state index contributed by atoms with van der Waals surface area (Å²) < 4.78 is 5.90. The number of aromatic nitrogens is 3. The third-order valence-electron chi connectivity index (χ3n) is 4.45. The second-order valence-electron chi connectivity index (χ2n) is 6.47. The molecule has 0 saturated heterocycles. The van der Waals surface area contributed by atoms with Crippen LogP contribution in [0.2, 0.25) is 0 Å². The van der Waals surface area contributed by atoms with Crippen LogP contribution in [0.4, 0.5) is 0 Å². The summed E-state index contributed by atoms with van der Waals surface area (Å²) in [4.78, 5) is 12.9. The monoisotopic (exact) mass is 406 g/mol. The van der Waals surface area contributed by atoms with E-state index in [-0.39, 0.29) is 6.04 Å². The molecule has 1 unspecified atom stereocenters. The lowest BCUT2D eigenvalue weighted by atomic mass is 10.1. The summed E-state index contributed by atoms with van der Waals surface area (Å²) in [7, 11) is 1.80. The maximum absolute atomic E-state index is 8.90. The molecule has 0 spiro atoms. The Hall–Kier alpha value is -3.18. The first-order valence-corrected chi connectivity index (χ1v) is 10.2. The van der Waals surface area contributed by atoms with Crippen molar-refractivity contribution in [3.05, 3.63) is 42.0 Å². The van der Waals surface area contributed by atoms with Crippen LogP contribution >= 0.6 is 11.8 Å². The fourth-order valence-corrected chi connectivity index (χ4v) is 3.45. The molecule has 1 aromatic carbocycles. The van der Waals surface area contributed by atoms with Gasteiger partial charge in [-0.3, -0.25) is 15.1 Å². The lowest BCUT2D eigenvalue weighted by molar-refractivity contribution is 0.592. The highest BCUT2D eigenvalue weighted by molar-refractivity contribution is 7.99. The minimum atomic E-state index is 0.233. The van der Waals surface area contributed by atoms with Crippen molar-refractivity contribution in [2.24, 2.45) is 9.98 Å². The maximum atomic E-state index is 8.90. The first kappa shape index (κ1) is 20.6. The molecule has 0 aliphatic heterocycles. The van der Waals surface area contributed by atoms with Crippen molar-refractivity contribution in [1.29, 1.82) is 5.26 Å². The Labute approximate surface area is 174 Å². The van der Waals surface area contributed by atoms with Gasteiger partial charge >= 0.3 is 0 Å². The van der Waals surface area contributed by atoms with Crippen molar-refractivity contribution < 1.29 is 4.42 Å². The number of rotatable bonds is 9. The Balaban J connectivity index is 1.62. The third-order valence-corrected chi connectivity index (χ3v) is 5.37. The number of aromatic amines is 1. The molecule has 0 aliphatic rings. The number of nitriles is 1. The van der Waals surface area contributed by atoms with E-state index in [1.807, 2.05) is 31.2 Å². The SMILES string of the molecule is C=NC(C)CCC(CSc1n[nH]c(-c2ccc(-c3ccc(C#N)cc3)o2)n1)=NC. The van der Waals surface area contributed by atoms with Crippen LogP contribution < -0.4 is 0 Å². The Morgan fingerprint density at radius 3 is 2.72 bits per heavy atom. The van der Waals surface area contributed by atoms with Crippen LogP contribution in [0.5, 0.6) is 0 Å². The number of H-pyrrole nitrogens is 1. The molecule has 8 heteroatoms. The summed E-state index contributed by atoms with van der Waals surface area (Å²) in [6.45, 7) is 5.62. The second-order valence-corrected chi connectivity index (χ2v) is 7.41. The first-order valence-electron chi connectivity index (χ1n) is 9.19. The van der Waals surface area contributed by atoms with E-state index >= 15 is 0 Å². The van der Waals surface area contributed by atoms with Crippen LogP contribution in [0.15, 0.2) is 56.0 Å². The van der Waals surface area contributed by atoms with E-state index in [2.05, 4.69) is 38.0 Å². The number of nitrogens with zero attached hydrogens (tertiary/aromatic N) is 5. The highest BCUT2D eigenvalue weighted by Crippen LogP contribution is 2.28. The lowest BCUT2D eigenvalue weighted by Gasteiger charge is -2.06. The quantitative estimate of drug-likeness (QED) is 0.412. The fourth-order valence-electron chi connectivity index (χ4n) is 2.61. The summed E-state index contributed by atoms with van der Waals surface area (Å²) in [6, 6.07) is 13.3. The molecule has 0 amide bonds. The minimum Gasteiger partial charge on any atom is -0.453 e. The van der Waals surface area contributed by atoms with Crippen LogP contribution in [0.25, 0.3) is 22.9 Å². The van der Waals surface area contributed by atoms with Crippen molar-refractivity contribution in [2.75, 3.05) is 12.8 Å². The number of hydrogen-bond acceptors (Lipinski definition) is 7. The van der Waals surface area contributed by atoms with Crippen LogP contribution in [0, 0.1) is 11.3 Å². The molecular weight excluding hydrogens is 384 g/mol. The van der Waals surface area contributed by atoms with Gasteiger partial charge < -0.3 is 4.42 Å². The Morgan fingerprint density at radius 1 is 1.28 bits per heavy atom. The summed E-state index contributed by atoms with van der Waals surface area (Å²) >= 11 is 1.53. The zero-order valence-corrected chi connectivity index (χ0v) is 17.2. The predicted octanol–water partition coefficient (Wildman–Crippen LogP) is 4.64. The fraction of sp³-hybridized carbons (Fsp3) is 0.286. The molecule has 0 bridgehead atoms. The average Bonchev–Trinajstić information content (AvgIpc) is 3.43. The Kier molecular flexibility index (Phi) is 6.98. The van der Waals surface area contributed by atoms with Gasteiger partial charge in [0.05, 0.1) is 11.6 Å². The largest absolute Gasteiger partial charge is 0.453 e. The predicted molar refractivity (Wildman–Crippen MR) is 117 cm³/mol. The van der Waals surface area contributed by atoms with Crippen LogP contribution in [0.1, 0.15) is 25.3 Å². The molecule has 1 atom stereocenters. The summed E-state index contributed by atoms with van der Waals surface area (Å²) in [5, 5.41) is 16.7. The van der Waals surface area contributed by atoms with E-state index < -0.39 is 0 Å². The summed E-state index contributed by atoms with van der Waals surface area (Å²) in [6.07, 6.45) is 1.81. The summed E-state index contributed by atoms with van der Waals surface area (Å²) in [5.74, 6) is 2.62. The van der Waals surface area contributed by atoms with Gasteiger partial charge in [0.15, 0.2) is 11.6 Å². The number of thioether (sulfide) groups is 1. The average molecular weight is 407 g/mol. The molecule has 148 valence electrons. The Bertz CT molecular complexity index is 1030. The van der Waals surface area contributed by atoms with E-state index in [0.29, 0.717) is 28.1 Å². The zero-order valence-electron chi connectivity index (χ0n) is 16.4. The van der Waals surface area contributed by atoms with Crippen LogP contribution in [0.3, 0.4) is 0 Å². The standard InChI is InChI=1S/C21H22N6OS/c1-14(23-2)4-9-17(24-3)13-29-21-25-20(26-27-21)19-11-10-18(28-19)16-7-5-15(12-22)6-8-16/h5-8,10-11,14H,2,4,9,13H2,1,3H3,(H,25,26,27). The molecule has 0 radical (unpaired) electrons. The number of nitrogens with one attached hydrogen (secondary N) is 1. The van der Waals surface area contributed by atoms with E-state index in [4.69, 9.17) is 9.68 Å². The first-order chi connectivity index (χ1) is 14.1. The van der Waals surface area contributed by atoms with E-state index in [0.717, 1.165) is 29.9 Å². The Morgan fingerprint density at radius 2 is 2.03 bits per heavy atom. The number of hydrogen-bond donors (Lipinski definition) is 1. The van der Waals surface area contributed by atoms with Crippen molar-refractivity contribution in [3.63, 3.8) is 0 Å². The molecule has 29 heavy (non-hydrogen) atoms. The topological polar surface area (TPSA) is 103 Å². The maximum Gasteiger partial charge on any atom is 0.209 e. The van der Waals surface area contributed by atoms with E-state index in [9.17, 15) is 0 Å².